The highest BCUT2D eigenvalue weighted by Crippen LogP contribution is 2.33. The molecule has 0 N–H and O–H groups in total. The van der Waals surface area contributed by atoms with Gasteiger partial charge in [-0.15, -0.1) is 10.2 Å². The quantitative estimate of drug-likeness (QED) is 0.482. The van der Waals surface area contributed by atoms with E-state index in [2.05, 4.69) is 15.2 Å². The molecular formula is C23H26N6O3S2. The molecule has 0 bridgehead atoms. The summed E-state index contributed by atoms with van der Waals surface area (Å²) in [7, 11) is -1.62. The summed E-state index contributed by atoms with van der Waals surface area (Å²) in [6.07, 6.45) is 6.95. The Morgan fingerprint density at radius 1 is 1.09 bits per heavy atom. The maximum Gasteiger partial charge on any atom is 0.243 e. The lowest BCUT2D eigenvalue weighted by Gasteiger charge is -2.26. The lowest BCUT2D eigenvalue weighted by molar-refractivity contribution is -0.116. The van der Waals surface area contributed by atoms with Gasteiger partial charge < -0.3 is 9.47 Å². The maximum absolute atomic E-state index is 13.0. The first kappa shape index (κ1) is 23.0. The standard InChI is InChI=1S/C23H26N6O3S2/c1-27-22(18-6-5-10-24-15-18)25-26-23(27)33-16-21(30)29-13-9-17-14-19(7-8-20(17)29)34(31,32)28-11-3-2-4-12-28/h5-8,10,14-15H,2-4,9,11-13,16H2,1H3. The van der Waals surface area contributed by atoms with Crippen molar-refractivity contribution in [3.63, 3.8) is 0 Å². The molecule has 1 fully saturated rings. The van der Waals surface area contributed by atoms with Gasteiger partial charge in [0.15, 0.2) is 11.0 Å². The monoisotopic (exact) mass is 498 g/mol. The number of fused-ring (bicyclic) bond motifs is 1. The summed E-state index contributed by atoms with van der Waals surface area (Å²) in [4.78, 5) is 19.2. The highest BCUT2D eigenvalue weighted by Gasteiger charge is 2.30. The van der Waals surface area contributed by atoms with Gasteiger partial charge in [0, 0.05) is 50.3 Å². The maximum atomic E-state index is 13.0. The Kier molecular flexibility index (Phi) is 6.41. The number of carbonyl (C=O) groups excluding carboxylic acids is 1. The van der Waals surface area contributed by atoms with E-state index in [1.54, 1.807) is 39.8 Å². The first-order valence-corrected chi connectivity index (χ1v) is 13.7. The zero-order valence-electron chi connectivity index (χ0n) is 18.9. The number of nitrogens with zero attached hydrogens (tertiary/aromatic N) is 6. The number of piperidine rings is 1. The highest BCUT2D eigenvalue weighted by molar-refractivity contribution is 7.99. The molecule has 5 rings (SSSR count). The Morgan fingerprint density at radius 2 is 1.91 bits per heavy atom. The second-order valence-electron chi connectivity index (χ2n) is 8.45. The molecule has 34 heavy (non-hydrogen) atoms. The highest BCUT2D eigenvalue weighted by atomic mass is 32.2. The van der Waals surface area contributed by atoms with Crippen LogP contribution >= 0.6 is 11.8 Å². The molecule has 0 saturated carbocycles. The summed E-state index contributed by atoms with van der Waals surface area (Å²) in [5.74, 6) is 0.866. The number of rotatable bonds is 6. The molecule has 0 aliphatic carbocycles. The van der Waals surface area contributed by atoms with Crippen molar-refractivity contribution in [2.45, 2.75) is 35.7 Å². The topological polar surface area (TPSA) is 101 Å². The van der Waals surface area contributed by atoms with E-state index in [1.165, 1.54) is 11.8 Å². The number of hydrogen-bond acceptors (Lipinski definition) is 7. The molecule has 0 radical (unpaired) electrons. The summed E-state index contributed by atoms with van der Waals surface area (Å²) < 4.78 is 29.5. The minimum atomic E-state index is -3.49. The molecule has 0 atom stereocenters. The molecule has 2 aliphatic heterocycles. The second kappa shape index (κ2) is 9.47. The number of anilines is 1. The van der Waals surface area contributed by atoms with Crippen LogP contribution in [0.5, 0.6) is 0 Å². The van der Waals surface area contributed by atoms with E-state index in [-0.39, 0.29) is 11.7 Å². The Labute approximate surface area is 203 Å². The van der Waals surface area contributed by atoms with Crippen LogP contribution in [0.2, 0.25) is 0 Å². The third-order valence-electron chi connectivity index (χ3n) is 6.28. The van der Waals surface area contributed by atoms with E-state index in [0.29, 0.717) is 41.9 Å². The lowest BCUT2D eigenvalue weighted by atomic mass is 10.2. The van der Waals surface area contributed by atoms with E-state index in [1.807, 2.05) is 23.7 Å². The molecule has 11 heteroatoms. The van der Waals surface area contributed by atoms with Gasteiger partial charge in [0.1, 0.15) is 0 Å². The summed E-state index contributed by atoms with van der Waals surface area (Å²) in [5, 5.41) is 9.11. The van der Waals surface area contributed by atoms with Crippen LogP contribution in [0.25, 0.3) is 11.4 Å². The van der Waals surface area contributed by atoms with Gasteiger partial charge in [-0.05, 0) is 55.2 Å². The Balaban J connectivity index is 1.27. The second-order valence-corrected chi connectivity index (χ2v) is 11.3. The summed E-state index contributed by atoms with van der Waals surface area (Å²) in [5.41, 5.74) is 2.55. The van der Waals surface area contributed by atoms with Crippen LogP contribution < -0.4 is 4.90 Å². The molecule has 2 aromatic heterocycles. The number of sulfonamides is 1. The zero-order valence-corrected chi connectivity index (χ0v) is 20.6. The van der Waals surface area contributed by atoms with Crippen molar-refractivity contribution in [2.75, 3.05) is 30.3 Å². The van der Waals surface area contributed by atoms with E-state index in [0.717, 1.165) is 36.1 Å². The van der Waals surface area contributed by atoms with Gasteiger partial charge in [-0.3, -0.25) is 9.78 Å². The molecule has 2 aliphatic rings. The average molecular weight is 499 g/mol. The van der Waals surface area contributed by atoms with E-state index in [9.17, 15) is 13.2 Å². The first-order valence-electron chi connectivity index (χ1n) is 11.3. The van der Waals surface area contributed by atoms with Crippen LogP contribution in [-0.2, 0) is 28.3 Å². The average Bonchev–Trinajstić information content (AvgIpc) is 3.46. The lowest BCUT2D eigenvalue weighted by Crippen LogP contribution is -2.35. The van der Waals surface area contributed by atoms with Crippen LogP contribution in [0.4, 0.5) is 5.69 Å². The number of thioether (sulfide) groups is 1. The number of hydrogen-bond donors (Lipinski definition) is 0. The summed E-state index contributed by atoms with van der Waals surface area (Å²) >= 11 is 1.33. The minimum absolute atomic E-state index is 0.0404. The summed E-state index contributed by atoms with van der Waals surface area (Å²) in [6, 6.07) is 8.89. The van der Waals surface area contributed by atoms with E-state index >= 15 is 0 Å². The largest absolute Gasteiger partial charge is 0.311 e. The van der Waals surface area contributed by atoms with Gasteiger partial charge in [0.2, 0.25) is 15.9 Å². The smallest absolute Gasteiger partial charge is 0.243 e. The number of aromatic nitrogens is 4. The first-order chi connectivity index (χ1) is 16.4. The van der Waals surface area contributed by atoms with Crippen LogP contribution in [0.15, 0.2) is 52.8 Å². The zero-order chi connectivity index (χ0) is 23.7. The van der Waals surface area contributed by atoms with Gasteiger partial charge in [0.25, 0.3) is 0 Å². The molecule has 1 saturated heterocycles. The number of amides is 1. The van der Waals surface area contributed by atoms with Crippen molar-refractivity contribution < 1.29 is 13.2 Å². The fourth-order valence-electron chi connectivity index (χ4n) is 4.44. The van der Waals surface area contributed by atoms with Crippen molar-refractivity contribution in [3.05, 3.63) is 48.3 Å². The van der Waals surface area contributed by atoms with E-state index in [4.69, 9.17) is 0 Å². The van der Waals surface area contributed by atoms with Gasteiger partial charge in [-0.1, -0.05) is 18.2 Å². The third-order valence-corrected chi connectivity index (χ3v) is 9.18. The van der Waals surface area contributed by atoms with E-state index < -0.39 is 10.0 Å². The van der Waals surface area contributed by atoms with Crippen LogP contribution in [0, 0.1) is 0 Å². The van der Waals surface area contributed by atoms with Crippen molar-refractivity contribution >= 4 is 33.4 Å². The normalized spacial score (nSPS) is 16.6. The Hall–Kier alpha value is -2.76. The molecular weight excluding hydrogens is 472 g/mol. The van der Waals surface area contributed by atoms with Crippen molar-refractivity contribution in [1.82, 2.24) is 24.1 Å². The fraction of sp³-hybridized carbons (Fsp3) is 0.391. The molecule has 178 valence electrons. The van der Waals surface area contributed by atoms with Crippen molar-refractivity contribution in [2.24, 2.45) is 7.05 Å². The Bertz CT molecular complexity index is 1300. The molecule has 0 unspecified atom stereocenters. The third kappa shape index (κ3) is 4.35. The molecule has 4 heterocycles. The van der Waals surface area contributed by atoms with Crippen molar-refractivity contribution in [1.29, 1.82) is 0 Å². The van der Waals surface area contributed by atoms with Gasteiger partial charge >= 0.3 is 0 Å². The summed E-state index contributed by atoms with van der Waals surface area (Å²) in [6.45, 7) is 1.69. The predicted molar refractivity (Wildman–Crippen MR) is 130 cm³/mol. The number of pyridine rings is 1. The molecule has 9 nitrogen and oxygen atoms in total. The number of benzene rings is 1. The fourth-order valence-corrected chi connectivity index (χ4v) is 6.80. The van der Waals surface area contributed by atoms with Crippen LogP contribution in [-0.4, -0.2) is 63.8 Å². The minimum Gasteiger partial charge on any atom is -0.311 e. The van der Waals surface area contributed by atoms with Crippen LogP contribution in [0.1, 0.15) is 24.8 Å². The number of carbonyl (C=O) groups is 1. The molecule has 1 amide bonds. The van der Waals surface area contributed by atoms with Gasteiger partial charge in [-0.2, -0.15) is 4.31 Å². The Morgan fingerprint density at radius 3 is 2.68 bits per heavy atom. The predicted octanol–water partition coefficient (Wildman–Crippen LogP) is 2.73. The van der Waals surface area contributed by atoms with Gasteiger partial charge in [-0.25, -0.2) is 8.42 Å². The van der Waals surface area contributed by atoms with Crippen LogP contribution in [0.3, 0.4) is 0 Å². The SMILES string of the molecule is Cn1c(SCC(=O)N2CCc3cc(S(=O)(=O)N4CCCCC4)ccc32)nnc1-c1cccnc1. The van der Waals surface area contributed by atoms with Crippen molar-refractivity contribution in [3.8, 4) is 11.4 Å². The molecule has 3 aromatic rings. The molecule has 1 aromatic carbocycles. The van der Waals surface area contributed by atoms with Gasteiger partial charge in [0.05, 0.1) is 10.6 Å². The molecule has 0 spiro atoms.